The summed E-state index contributed by atoms with van der Waals surface area (Å²) in [5.41, 5.74) is 1.45. The molecule has 1 spiro atoms. The number of amides is 1. The third-order valence-corrected chi connectivity index (χ3v) is 9.28. The van der Waals surface area contributed by atoms with Gasteiger partial charge < -0.3 is 23.9 Å². The number of furan rings is 1. The number of hydrogen-bond acceptors (Lipinski definition) is 6. The number of benzene rings is 1. The van der Waals surface area contributed by atoms with Gasteiger partial charge in [-0.3, -0.25) is 9.69 Å². The fourth-order valence-corrected chi connectivity index (χ4v) is 7.30. The van der Waals surface area contributed by atoms with Gasteiger partial charge in [0.2, 0.25) is 5.91 Å². The first-order valence-electron chi connectivity index (χ1n) is 13.0. The van der Waals surface area contributed by atoms with Crippen LogP contribution in [0, 0.1) is 5.92 Å². The molecular weight excluding hydrogens is 456 g/mol. The number of carbonyl (C=O) groups excluding carboxylic acids is 1. The number of nitrogens with zero attached hydrogens (tertiary/aromatic N) is 2. The van der Waals surface area contributed by atoms with Crippen LogP contribution in [0.2, 0.25) is 0 Å². The summed E-state index contributed by atoms with van der Waals surface area (Å²) in [6.45, 7) is 1.96. The second kappa shape index (κ2) is 7.73. The van der Waals surface area contributed by atoms with Gasteiger partial charge in [-0.25, -0.2) is 0 Å². The van der Waals surface area contributed by atoms with Crippen molar-refractivity contribution in [3.8, 4) is 11.5 Å². The summed E-state index contributed by atoms with van der Waals surface area (Å²) in [4.78, 5) is 17.5. The first kappa shape index (κ1) is 22.2. The lowest BCUT2D eigenvalue weighted by Gasteiger charge is -2.62. The lowest BCUT2D eigenvalue weighted by molar-refractivity contribution is -0.154. The van der Waals surface area contributed by atoms with E-state index in [1.807, 2.05) is 31.3 Å². The van der Waals surface area contributed by atoms with Gasteiger partial charge in [-0.1, -0.05) is 18.2 Å². The van der Waals surface area contributed by atoms with Gasteiger partial charge in [0, 0.05) is 36.8 Å². The van der Waals surface area contributed by atoms with Crippen LogP contribution < -0.4 is 9.47 Å². The Hall–Kier alpha value is -3.03. The maximum Gasteiger partial charge on any atom is 0.246 e. The van der Waals surface area contributed by atoms with E-state index in [0.717, 1.165) is 48.7 Å². The van der Waals surface area contributed by atoms with E-state index in [1.54, 1.807) is 36.7 Å². The summed E-state index contributed by atoms with van der Waals surface area (Å²) < 4.78 is 17.6. The van der Waals surface area contributed by atoms with Crippen molar-refractivity contribution in [3.05, 3.63) is 65.6 Å². The number of ether oxygens (including phenoxy) is 2. The Morgan fingerprint density at radius 2 is 2.19 bits per heavy atom. The van der Waals surface area contributed by atoms with Crippen LogP contribution in [0.25, 0.3) is 6.08 Å². The fraction of sp³-hybridized carbons (Fsp3) is 0.483. The zero-order chi connectivity index (χ0) is 24.7. The molecule has 2 aliphatic heterocycles. The summed E-state index contributed by atoms with van der Waals surface area (Å²) >= 11 is 0. The second-order valence-electron chi connectivity index (χ2n) is 11.1. The molecule has 2 fully saturated rings. The summed E-state index contributed by atoms with van der Waals surface area (Å²) in [5, 5.41) is 12.6. The molecular formula is C29H32N2O5. The molecule has 1 aromatic carbocycles. The van der Waals surface area contributed by atoms with Crippen LogP contribution in [0.15, 0.2) is 53.4 Å². The van der Waals surface area contributed by atoms with Gasteiger partial charge in [0.1, 0.15) is 11.7 Å². The molecule has 188 valence electrons. The Bertz CT molecular complexity index is 1260. The van der Waals surface area contributed by atoms with E-state index in [0.29, 0.717) is 5.75 Å². The molecule has 5 atom stereocenters. The van der Waals surface area contributed by atoms with E-state index in [-0.39, 0.29) is 18.0 Å². The zero-order valence-corrected chi connectivity index (χ0v) is 20.7. The lowest BCUT2D eigenvalue weighted by Crippen LogP contribution is -2.76. The quantitative estimate of drug-likeness (QED) is 0.497. The Morgan fingerprint density at radius 3 is 2.94 bits per heavy atom. The number of hydrogen-bond donors (Lipinski definition) is 1. The van der Waals surface area contributed by atoms with Crippen molar-refractivity contribution in [2.75, 3.05) is 27.2 Å². The molecule has 1 saturated carbocycles. The molecule has 1 aromatic heterocycles. The topological polar surface area (TPSA) is 75.4 Å². The third-order valence-electron chi connectivity index (χ3n) is 9.28. The van der Waals surface area contributed by atoms with E-state index < -0.39 is 17.1 Å². The molecule has 1 N–H and O–H groups in total. The second-order valence-corrected chi connectivity index (χ2v) is 11.1. The monoisotopic (exact) mass is 488 g/mol. The molecule has 1 saturated heterocycles. The van der Waals surface area contributed by atoms with Crippen molar-refractivity contribution in [1.29, 1.82) is 0 Å². The molecule has 7 heteroatoms. The average molecular weight is 489 g/mol. The van der Waals surface area contributed by atoms with Gasteiger partial charge in [-0.15, -0.1) is 0 Å². The Morgan fingerprint density at radius 1 is 1.33 bits per heavy atom. The number of likely N-dealkylation sites (N-methyl/N-ethyl adjacent to an activating group) is 1. The SMILES string of the molecule is COc1ccc2c3c1OC1C(N(C)C(=O)/C=C/c4ccoc4)C=CC4(O)[C@H](C2)N(CC2CC2)CC[C@]314. The molecule has 5 aliphatic rings. The molecule has 0 radical (unpaired) electrons. The van der Waals surface area contributed by atoms with Crippen molar-refractivity contribution in [2.45, 2.75) is 54.9 Å². The predicted octanol–water partition coefficient (Wildman–Crippen LogP) is 3.17. The predicted molar refractivity (Wildman–Crippen MR) is 134 cm³/mol. The van der Waals surface area contributed by atoms with Crippen LogP contribution >= 0.6 is 0 Å². The molecule has 2 aromatic rings. The van der Waals surface area contributed by atoms with E-state index in [9.17, 15) is 9.90 Å². The minimum atomic E-state index is -1.07. The molecule has 2 bridgehead atoms. The standard InChI is InChI=1S/C29H32N2O5/c1-30(24(32)8-5-19-10-14-35-17-19)21-9-11-29(33)23-15-20-6-7-22(34-2)26-25(20)28(29,27(21)36-26)12-13-31(23)16-18-3-4-18/h5-11,14,17-18,21,23,27,33H,3-4,12-13,15-16H2,1-2H3/b8-5+/t21?,23-,27?,28-,29?/m0/s1. The van der Waals surface area contributed by atoms with Crippen molar-refractivity contribution in [1.82, 2.24) is 9.80 Å². The number of likely N-dealkylation sites (tertiary alicyclic amines) is 1. The zero-order valence-electron chi connectivity index (χ0n) is 20.7. The normalized spacial score (nSPS) is 33.9. The highest BCUT2D eigenvalue weighted by Gasteiger charge is 2.72. The Kier molecular flexibility index (Phi) is 4.77. The molecule has 1 amide bonds. The molecule has 7 rings (SSSR count). The smallest absolute Gasteiger partial charge is 0.246 e. The minimum Gasteiger partial charge on any atom is -0.493 e. The number of carbonyl (C=O) groups is 1. The van der Waals surface area contributed by atoms with Gasteiger partial charge in [0.25, 0.3) is 0 Å². The third kappa shape index (κ3) is 2.90. The van der Waals surface area contributed by atoms with E-state index in [2.05, 4.69) is 11.0 Å². The van der Waals surface area contributed by atoms with Crippen LogP contribution in [0.1, 0.15) is 36.0 Å². The van der Waals surface area contributed by atoms with Crippen LogP contribution in [-0.4, -0.2) is 71.8 Å². The van der Waals surface area contributed by atoms with Crippen molar-refractivity contribution < 1.29 is 23.8 Å². The van der Waals surface area contributed by atoms with Crippen molar-refractivity contribution in [3.63, 3.8) is 0 Å². The molecule has 3 aliphatic carbocycles. The number of methoxy groups -OCH3 is 1. The minimum absolute atomic E-state index is 0.0102. The van der Waals surface area contributed by atoms with E-state index in [4.69, 9.17) is 13.9 Å². The highest BCUT2D eigenvalue weighted by molar-refractivity contribution is 5.92. The van der Waals surface area contributed by atoms with Gasteiger partial charge in [-0.05, 0) is 61.9 Å². The van der Waals surface area contributed by atoms with Crippen LogP contribution in [0.5, 0.6) is 11.5 Å². The summed E-state index contributed by atoms with van der Waals surface area (Å²) in [6, 6.07) is 5.60. The number of piperidine rings is 1. The summed E-state index contributed by atoms with van der Waals surface area (Å²) in [7, 11) is 3.47. The van der Waals surface area contributed by atoms with Crippen LogP contribution in [-0.2, 0) is 16.6 Å². The summed E-state index contributed by atoms with van der Waals surface area (Å²) in [6.07, 6.45) is 14.2. The van der Waals surface area contributed by atoms with E-state index >= 15 is 0 Å². The Balaban J connectivity index is 1.31. The van der Waals surface area contributed by atoms with Gasteiger partial charge in [0.15, 0.2) is 11.5 Å². The molecule has 3 unspecified atom stereocenters. The highest BCUT2D eigenvalue weighted by Crippen LogP contribution is 2.64. The van der Waals surface area contributed by atoms with Crippen molar-refractivity contribution in [2.24, 2.45) is 5.92 Å². The average Bonchev–Trinajstić information content (AvgIpc) is 3.40. The number of aliphatic hydroxyl groups is 1. The lowest BCUT2D eigenvalue weighted by atomic mass is 9.50. The van der Waals surface area contributed by atoms with Crippen LogP contribution in [0.4, 0.5) is 0 Å². The fourth-order valence-electron chi connectivity index (χ4n) is 7.30. The van der Waals surface area contributed by atoms with Crippen LogP contribution in [0.3, 0.4) is 0 Å². The first-order valence-corrected chi connectivity index (χ1v) is 13.0. The van der Waals surface area contributed by atoms with Gasteiger partial charge in [0.05, 0.1) is 31.1 Å². The Labute approximate surface area is 211 Å². The van der Waals surface area contributed by atoms with Gasteiger partial charge in [-0.2, -0.15) is 0 Å². The molecule has 3 heterocycles. The van der Waals surface area contributed by atoms with Gasteiger partial charge >= 0.3 is 0 Å². The summed E-state index contributed by atoms with van der Waals surface area (Å²) in [5.74, 6) is 2.04. The molecule has 7 nitrogen and oxygen atoms in total. The molecule has 36 heavy (non-hydrogen) atoms. The number of rotatable bonds is 6. The highest BCUT2D eigenvalue weighted by atomic mass is 16.5. The largest absolute Gasteiger partial charge is 0.493 e. The van der Waals surface area contributed by atoms with Crippen molar-refractivity contribution >= 4 is 12.0 Å². The van der Waals surface area contributed by atoms with E-state index in [1.165, 1.54) is 18.4 Å². The maximum absolute atomic E-state index is 13.2. The first-order chi connectivity index (χ1) is 17.5. The maximum atomic E-state index is 13.2.